The average Bonchev–Trinajstić information content (AvgIpc) is 2.34. The summed E-state index contributed by atoms with van der Waals surface area (Å²) in [6.45, 7) is 2.12. The monoisotopic (exact) mass is 323 g/mol. The van der Waals surface area contributed by atoms with Crippen LogP contribution < -0.4 is 5.32 Å². The van der Waals surface area contributed by atoms with Crippen molar-refractivity contribution in [2.45, 2.75) is 13.0 Å². The van der Waals surface area contributed by atoms with Crippen molar-refractivity contribution in [1.82, 2.24) is 5.32 Å². The lowest BCUT2D eigenvalue weighted by Gasteiger charge is -2.20. The maximum atomic E-state index is 6.34. The van der Waals surface area contributed by atoms with Crippen LogP contribution in [0.3, 0.4) is 0 Å². The number of benzene rings is 2. The Bertz CT molecular complexity index is 554. The first-order valence-electron chi connectivity index (χ1n) is 5.81. The molecule has 0 heterocycles. The molecule has 18 heavy (non-hydrogen) atoms. The normalized spacial score (nSPS) is 12.4. The quantitative estimate of drug-likeness (QED) is 0.861. The second-order valence-electron chi connectivity index (χ2n) is 4.24. The summed E-state index contributed by atoms with van der Waals surface area (Å²) < 4.78 is 0.996. The highest BCUT2D eigenvalue weighted by Gasteiger charge is 2.16. The third-order valence-electron chi connectivity index (χ3n) is 3.06. The van der Waals surface area contributed by atoms with Crippen LogP contribution in [0.15, 0.2) is 46.9 Å². The zero-order valence-electron chi connectivity index (χ0n) is 10.4. The zero-order chi connectivity index (χ0) is 13.1. The van der Waals surface area contributed by atoms with Crippen LogP contribution in [-0.2, 0) is 0 Å². The van der Waals surface area contributed by atoms with E-state index in [4.69, 9.17) is 11.6 Å². The van der Waals surface area contributed by atoms with Crippen molar-refractivity contribution >= 4 is 27.5 Å². The van der Waals surface area contributed by atoms with Crippen molar-refractivity contribution in [3.05, 3.63) is 68.7 Å². The standard InChI is InChI=1S/C15H15BrClN/c1-10-5-3-4-6-12(10)15(18-2)13-8-7-11(16)9-14(13)17/h3-9,15,18H,1-2H3. The molecule has 0 saturated carbocycles. The second kappa shape index (κ2) is 5.87. The van der Waals surface area contributed by atoms with Gasteiger partial charge in [-0.05, 0) is 42.8 Å². The van der Waals surface area contributed by atoms with Crippen LogP contribution in [0.2, 0.25) is 5.02 Å². The summed E-state index contributed by atoms with van der Waals surface area (Å²) in [4.78, 5) is 0. The molecule has 1 N–H and O–H groups in total. The summed E-state index contributed by atoms with van der Waals surface area (Å²) in [6.07, 6.45) is 0. The van der Waals surface area contributed by atoms with Gasteiger partial charge in [-0.15, -0.1) is 0 Å². The van der Waals surface area contributed by atoms with Gasteiger partial charge >= 0.3 is 0 Å². The van der Waals surface area contributed by atoms with Gasteiger partial charge in [-0.2, -0.15) is 0 Å². The Morgan fingerprint density at radius 1 is 1.11 bits per heavy atom. The molecule has 2 aromatic carbocycles. The summed E-state index contributed by atoms with van der Waals surface area (Å²) in [5.74, 6) is 0. The van der Waals surface area contributed by atoms with Gasteiger partial charge in [0.15, 0.2) is 0 Å². The topological polar surface area (TPSA) is 12.0 Å². The predicted octanol–water partition coefficient (Wildman–Crippen LogP) is 4.72. The highest BCUT2D eigenvalue weighted by atomic mass is 79.9. The predicted molar refractivity (Wildman–Crippen MR) is 81.2 cm³/mol. The van der Waals surface area contributed by atoms with Crippen LogP contribution in [0.4, 0.5) is 0 Å². The lowest BCUT2D eigenvalue weighted by atomic mass is 9.95. The molecule has 94 valence electrons. The first kappa shape index (κ1) is 13.6. The number of halogens is 2. The van der Waals surface area contributed by atoms with E-state index in [2.05, 4.69) is 58.5 Å². The van der Waals surface area contributed by atoms with Crippen molar-refractivity contribution in [3.63, 3.8) is 0 Å². The van der Waals surface area contributed by atoms with Gasteiger partial charge in [0.1, 0.15) is 0 Å². The van der Waals surface area contributed by atoms with Crippen molar-refractivity contribution in [2.75, 3.05) is 7.05 Å². The molecule has 0 fully saturated rings. The molecule has 0 amide bonds. The molecule has 2 rings (SSSR count). The van der Waals surface area contributed by atoms with Crippen molar-refractivity contribution in [2.24, 2.45) is 0 Å². The fourth-order valence-corrected chi connectivity index (χ4v) is 2.91. The first-order chi connectivity index (χ1) is 8.63. The van der Waals surface area contributed by atoms with Gasteiger partial charge in [-0.25, -0.2) is 0 Å². The molecule has 1 unspecified atom stereocenters. The molecule has 0 aliphatic rings. The van der Waals surface area contributed by atoms with Crippen LogP contribution in [0.1, 0.15) is 22.7 Å². The van der Waals surface area contributed by atoms with Gasteiger partial charge in [0, 0.05) is 9.50 Å². The summed E-state index contributed by atoms with van der Waals surface area (Å²) >= 11 is 9.77. The minimum atomic E-state index is 0.117. The molecule has 2 aromatic rings. The van der Waals surface area contributed by atoms with Gasteiger partial charge in [-0.3, -0.25) is 0 Å². The van der Waals surface area contributed by atoms with E-state index in [0.29, 0.717) is 0 Å². The SMILES string of the molecule is CNC(c1ccccc1C)c1ccc(Br)cc1Cl. The molecule has 0 radical (unpaired) electrons. The Morgan fingerprint density at radius 2 is 1.83 bits per heavy atom. The largest absolute Gasteiger partial charge is 0.309 e. The third-order valence-corrected chi connectivity index (χ3v) is 3.88. The Balaban J connectivity index is 2.49. The number of nitrogens with one attached hydrogen (secondary N) is 1. The van der Waals surface area contributed by atoms with Crippen molar-refractivity contribution < 1.29 is 0 Å². The lowest BCUT2D eigenvalue weighted by molar-refractivity contribution is 0.687. The molecular formula is C15H15BrClN. The molecule has 1 atom stereocenters. The van der Waals surface area contributed by atoms with Gasteiger partial charge < -0.3 is 5.32 Å². The molecule has 0 aliphatic heterocycles. The molecular weight excluding hydrogens is 310 g/mol. The zero-order valence-corrected chi connectivity index (χ0v) is 12.7. The maximum Gasteiger partial charge on any atom is 0.0591 e. The van der Waals surface area contributed by atoms with Crippen molar-refractivity contribution in [3.8, 4) is 0 Å². The smallest absolute Gasteiger partial charge is 0.0591 e. The lowest BCUT2D eigenvalue weighted by Crippen LogP contribution is -2.19. The number of hydrogen-bond acceptors (Lipinski definition) is 1. The Morgan fingerprint density at radius 3 is 2.44 bits per heavy atom. The van der Waals surface area contributed by atoms with Crippen molar-refractivity contribution in [1.29, 1.82) is 0 Å². The summed E-state index contributed by atoms with van der Waals surface area (Å²) in [7, 11) is 1.95. The fourth-order valence-electron chi connectivity index (χ4n) is 2.12. The Hall–Kier alpha value is -0.830. The van der Waals surface area contributed by atoms with E-state index < -0.39 is 0 Å². The Labute approximate surface area is 121 Å². The minimum Gasteiger partial charge on any atom is -0.309 e. The molecule has 0 saturated heterocycles. The second-order valence-corrected chi connectivity index (χ2v) is 5.57. The van der Waals surface area contributed by atoms with E-state index in [-0.39, 0.29) is 6.04 Å². The average molecular weight is 325 g/mol. The first-order valence-corrected chi connectivity index (χ1v) is 6.98. The highest BCUT2D eigenvalue weighted by Crippen LogP contribution is 2.31. The van der Waals surface area contributed by atoms with Crippen LogP contribution in [-0.4, -0.2) is 7.05 Å². The van der Waals surface area contributed by atoms with Crippen LogP contribution in [0, 0.1) is 6.92 Å². The molecule has 0 bridgehead atoms. The van der Waals surface area contributed by atoms with Crippen LogP contribution in [0.5, 0.6) is 0 Å². The summed E-state index contributed by atoms with van der Waals surface area (Å²) in [5, 5.41) is 4.11. The third kappa shape index (κ3) is 2.77. The van der Waals surface area contributed by atoms with E-state index in [1.54, 1.807) is 0 Å². The van der Waals surface area contributed by atoms with E-state index in [0.717, 1.165) is 15.1 Å². The number of hydrogen-bond donors (Lipinski definition) is 1. The van der Waals surface area contributed by atoms with E-state index in [9.17, 15) is 0 Å². The molecule has 0 aromatic heterocycles. The van der Waals surface area contributed by atoms with Crippen LogP contribution in [0.25, 0.3) is 0 Å². The van der Waals surface area contributed by atoms with Gasteiger partial charge in [0.25, 0.3) is 0 Å². The molecule has 3 heteroatoms. The molecule has 1 nitrogen and oxygen atoms in total. The minimum absolute atomic E-state index is 0.117. The highest BCUT2D eigenvalue weighted by molar-refractivity contribution is 9.10. The maximum absolute atomic E-state index is 6.34. The Kier molecular flexibility index (Phi) is 4.44. The fraction of sp³-hybridized carbons (Fsp3) is 0.200. The van der Waals surface area contributed by atoms with Gasteiger partial charge in [0.2, 0.25) is 0 Å². The van der Waals surface area contributed by atoms with E-state index in [1.165, 1.54) is 11.1 Å². The van der Waals surface area contributed by atoms with Crippen LogP contribution >= 0.6 is 27.5 Å². The number of rotatable bonds is 3. The number of aryl methyl sites for hydroxylation is 1. The van der Waals surface area contributed by atoms with Gasteiger partial charge in [-0.1, -0.05) is 57.9 Å². The summed E-state index contributed by atoms with van der Waals surface area (Å²) in [5.41, 5.74) is 3.61. The summed E-state index contributed by atoms with van der Waals surface area (Å²) in [6, 6.07) is 14.5. The molecule has 0 spiro atoms. The van der Waals surface area contributed by atoms with E-state index >= 15 is 0 Å². The van der Waals surface area contributed by atoms with E-state index in [1.807, 2.05) is 19.2 Å². The van der Waals surface area contributed by atoms with Gasteiger partial charge in [0.05, 0.1) is 6.04 Å². The molecule has 0 aliphatic carbocycles.